The lowest BCUT2D eigenvalue weighted by molar-refractivity contribution is 0.0719. The molecule has 0 aromatic carbocycles. The lowest BCUT2D eigenvalue weighted by atomic mass is 10.3. The summed E-state index contributed by atoms with van der Waals surface area (Å²) < 4.78 is 10.2. The molecule has 0 spiro atoms. The fourth-order valence-electron chi connectivity index (χ4n) is 1.23. The summed E-state index contributed by atoms with van der Waals surface area (Å²) in [5.41, 5.74) is 0. The first kappa shape index (κ1) is 15.8. The number of rotatable bonds is 11. The van der Waals surface area contributed by atoms with Crippen LogP contribution in [0.15, 0.2) is 0 Å². The first-order valence-corrected chi connectivity index (χ1v) is 6.16. The summed E-state index contributed by atoms with van der Waals surface area (Å²) in [6, 6.07) is 0.636. The second-order valence-electron chi connectivity index (χ2n) is 4.28. The monoisotopic (exact) mass is 232 g/mol. The summed E-state index contributed by atoms with van der Waals surface area (Å²) in [7, 11) is 3.85. The van der Waals surface area contributed by atoms with Crippen molar-refractivity contribution in [3.8, 4) is 0 Å². The van der Waals surface area contributed by atoms with Crippen LogP contribution in [0.4, 0.5) is 0 Å². The summed E-state index contributed by atoms with van der Waals surface area (Å²) in [5, 5.41) is 3.36. The van der Waals surface area contributed by atoms with Crippen LogP contribution in [-0.2, 0) is 9.47 Å². The van der Waals surface area contributed by atoms with E-state index >= 15 is 0 Å². The van der Waals surface area contributed by atoms with Crippen molar-refractivity contribution in [2.45, 2.75) is 26.3 Å². The van der Waals surface area contributed by atoms with Gasteiger partial charge in [-0.1, -0.05) is 0 Å². The van der Waals surface area contributed by atoms with Gasteiger partial charge in [-0.25, -0.2) is 0 Å². The Morgan fingerprint density at radius 1 is 1.12 bits per heavy atom. The number of ether oxygens (including phenoxy) is 2. The van der Waals surface area contributed by atoms with Gasteiger partial charge < -0.3 is 19.7 Å². The van der Waals surface area contributed by atoms with Crippen molar-refractivity contribution in [2.75, 3.05) is 53.6 Å². The highest BCUT2D eigenvalue weighted by Gasteiger charge is 2.01. The molecule has 0 aliphatic carbocycles. The van der Waals surface area contributed by atoms with E-state index < -0.39 is 0 Å². The first-order valence-electron chi connectivity index (χ1n) is 6.16. The molecular weight excluding hydrogens is 204 g/mol. The molecule has 0 amide bonds. The minimum absolute atomic E-state index is 0.636. The van der Waals surface area contributed by atoms with Crippen molar-refractivity contribution >= 4 is 0 Å². The molecule has 0 unspecified atom stereocenters. The van der Waals surface area contributed by atoms with E-state index in [0.29, 0.717) is 19.3 Å². The zero-order chi connectivity index (χ0) is 12.2. The Morgan fingerprint density at radius 3 is 2.50 bits per heavy atom. The fraction of sp³-hybridized carbons (Fsp3) is 1.00. The largest absolute Gasteiger partial charge is 0.382 e. The van der Waals surface area contributed by atoms with Gasteiger partial charge in [-0.3, -0.25) is 0 Å². The van der Waals surface area contributed by atoms with Crippen molar-refractivity contribution in [1.82, 2.24) is 10.2 Å². The van der Waals surface area contributed by atoms with E-state index in [2.05, 4.69) is 31.1 Å². The van der Waals surface area contributed by atoms with Crippen molar-refractivity contribution < 1.29 is 9.47 Å². The van der Waals surface area contributed by atoms with Crippen molar-refractivity contribution in [3.05, 3.63) is 0 Å². The summed E-state index contributed by atoms with van der Waals surface area (Å²) in [6.45, 7) is 9.71. The van der Waals surface area contributed by atoms with Crippen LogP contribution in [0.5, 0.6) is 0 Å². The molecule has 4 heteroatoms. The SMILES string of the molecule is COCCOCCNCCCN(C)C(C)C. The second-order valence-corrected chi connectivity index (χ2v) is 4.28. The Labute approximate surface area is 100 Å². The quantitative estimate of drug-likeness (QED) is 0.538. The Bertz CT molecular complexity index is 143. The minimum Gasteiger partial charge on any atom is -0.382 e. The summed E-state index contributed by atoms with van der Waals surface area (Å²) >= 11 is 0. The van der Waals surface area contributed by atoms with Gasteiger partial charge in [0.05, 0.1) is 19.8 Å². The molecule has 0 aromatic heterocycles. The van der Waals surface area contributed by atoms with Crippen LogP contribution >= 0.6 is 0 Å². The lowest BCUT2D eigenvalue weighted by Gasteiger charge is -2.20. The standard InChI is InChI=1S/C12H28N2O2/c1-12(2)14(3)8-5-6-13-7-9-16-11-10-15-4/h12-13H,5-11H2,1-4H3. The number of methoxy groups -OCH3 is 1. The number of hydrogen-bond acceptors (Lipinski definition) is 4. The highest BCUT2D eigenvalue weighted by Crippen LogP contribution is 1.93. The predicted octanol–water partition coefficient (Wildman–Crippen LogP) is 0.969. The average molecular weight is 232 g/mol. The molecule has 0 aromatic rings. The van der Waals surface area contributed by atoms with Gasteiger partial charge in [0, 0.05) is 19.7 Å². The van der Waals surface area contributed by atoms with Crippen molar-refractivity contribution in [2.24, 2.45) is 0 Å². The molecule has 16 heavy (non-hydrogen) atoms. The fourth-order valence-corrected chi connectivity index (χ4v) is 1.23. The van der Waals surface area contributed by atoms with Crippen LogP contribution in [0.3, 0.4) is 0 Å². The minimum atomic E-state index is 0.636. The van der Waals surface area contributed by atoms with Gasteiger partial charge in [-0.15, -0.1) is 0 Å². The predicted molar refractivity (Wildman–Crippen MR) is 67.9 cm³/mol. The molecule has 0 bridgehead atoms. The van der Waals surface area contributed by atoms with Crippen LogP contribution in [-0.4, -0.2) is 64.6 Å². The van der Waals surface area contributed by atoms with Gasteiger partial charge in [0.2, 0.25) is 0 Å². The summed E-state index contributed by atoms with van der Waals surface area (Å²) in [4.78, 5) is 2.36. The maximum absolute atomic E-state index is 5.34. The van der Waals surface area contributed by atoms with Crippen LogP contribution in [0, 0.1) is 0 Å². The third-order valence-corrected chi connectivity index (χ3v) is 2.60. The smallest absolute Gasteiger partial charge is 0.0700 e. The molecule has 4 nitrogen and oxygen atoms in total. The molecule has 0 saturated heterocycles. The van der Waals surface area contributed by atoms with Gasteiger partial charge in [0.1, 0.15) is 0 Å². The lowest BCUT2D eigenvalue weighted by Crippen LogP contribution is -2.30. The normalized spacial score (nSPS) is 11.6. The molecule has 1 N–H and O–H groups in total. The average Bonchev–Trinajstić information content (AvgIpc) is 2.26. The molecule has 0 radical (unpaired) electrons. The first-order chi connectivity index (χ1) is 7.68. The van der Waals surface area contributed by atoms with Gasteiger partial charge in [0.25, 0.3) is 0 Å². The molecule has 0 rings (SSSR count). The Balaban J connectivity index is 3.04. The maximum Gasteiger partial charge on any atom is 0.0700 e. The van der Waals surface area contributed by atoms with Crippen LogP contribution < -0.4 is 5.32 Å². The molecule has 0 fully saturated rings. The third kappa shape index (κ3) is 10.4. The summed E-state index contributed by atoms with van der Waals surface area (Å²) in [6.07, 6.45) is 1.19. The van der Waals surface area contributed by atoms with Crippen LogP contribution in [0.25, 0.3) is 0 Å². The van der Waals surface area contributed by atoms with Crippen molar-refractivity contribution in [1.29, 1.82) is 0 Å². The third-order valence-electron chi connectivity index (χ3n) is 2.60. The molecular formula is C12H28N2O2. The Kier molecular flexibility index (Phi) is 11.2. The van der Waals surface area contributed by atoms with E-state index in [1.165, 1.54) is 6.42 Å². The highest BCUT2D eigenvalue weighted by molar-refractivity contribution is 4.58. The Morgan fingerprint density at radius 2 is 1.88 bits per heavy atom. The second kappa shape index (κ2) is 11.3. The van der Waals surface area contributed by atoms with E-state index in [1.54, 1.807) is 7.11 Å². The molecule has 0 heterocycles. The van der Waals surface area contributed by atoms with E-state index in [9.17, 15) is 0 Å². The number of nitrogens with one attached hydrogen (secondary N) is 1. The van der Waals surface area contributed by atoms with Gasteiger partial charge in [0.15, 0.2) is 0 Å². The van der Waals surface area contributed by atoms with Crippen LogP contribution in [0.1, 0.15) is 20.3 Å². The van der Waals surface area contributed by atoms with Gasteiger partial charge in [-0.05, 0) is 40.4 Å². The van der Waals surface area contributed by atoms with Gasteiger partial charge >= 0.3 is 0 Å². The maximum atomic E-state index is 5.34. The van der Waals surface area contributed by atoms with E-state index in [1.807, 2.05) is 0 Å². The van der Waals surface area contributed by atoms with Crippen LogP contribution in [0.2, 0.25) is 0 Å². The molecule has 0 aliphatic heterocycles. The molecule has 98 valence electrons. The number of nitrogens with zero attached hydrogens (tertiary/aromatic N) is 1. The molecule has 0 saturated carbocycles. The van der Waals surface area contributed by atoms with Crippen molar-refractivity contribution in [3.63, 3.8) is 0 Å². The summed E-state index contributed by atoms with van der Waals surface area (Å²) in [5.74, 6) is 0. The van der Waals surface area contributed by atoms with Gasteiger partial charge in [-0.2, -0.15) is 0 Å². The highest BCUT2D eigenvalue weighted by atomic mass is 16.5. The molecule has 0 atom stereocenters. The zero-order valence-electron chi connectivity index (χ0n) is 11.3. The topological polar surface area (TPSA) is 33.7 Å². The molecule has 0 aliphatic rings. The van der Waals surface area contributed by atoms with E-state index in [0.717, 1.165) is 26.2 Å². The zero-order valence-corrected chi connectivity index (χ0v) is 11.3. The van der Waals surface area contributed by atoms with E-state index in [4.69, 9.17) is 9.47 Å². The van der Waals surface area contributed by atoms with E-state index in [-0.39, 0.29) is 0 Å². The number of hydrogen-bond donors (Lipinski definition) is 1. The Hall–Kier alpha value is -0.160.